The van der Waals surface area contributed by atoms with Crippen molar-refractivity contribution in [3.63, 3.8) is 0 Å². The minimum absolute atomic E-state index is 0.0311. The number of amides is 3. The van der Waals surface area contributed by atoms with Crippen LogP contribution in [-0.4, -0.2) is 40.2 Å². The van der Waals surface area contributed by atoms with Gasteiger partial charge in [-0.2, -0.15) is 0 Å². The first-order chi connectivity index (χ1) is 17.2. The van der Waals surface area contributed by atoms with E-state index >= 15 is 0 Å². The molecule has 1 fully saturated rings. The predicted octanol–water partition coefficient (Wildman–Crippen LogP) is 4.03. The van der Waals surface area contributed by atoms with Crippen LogP contribution in [-0.2, 0) is 18.7 Å². The minimum atomic E-state index is -1.11. The molecule has 0 spiro atoms. The molecular formula is C28H21BrN2O5. The number of alkyl halides is 1. The van der Waals surface area contributed by atoms with Crippen molar-refractivity contribution in [3.8, 4) is 0 Å². The molecule has 1 heterocycles. The molecule has 0 saturated carbocycles. The molecule has 180 valence electrons. The van der Waals surface area contributed by atoms with Crippen LogP contribution in [0.4, 0.5) is 5.69 Å². The van der Waals surface area contributed by atoms with Gasteiger partial charge < -0.3 is 10.4 Å². The number of nitrogens with zero attached hydrogens (tertiary/aromatic N) is 1. The number of benzene rings is 3. The zero-order valence-electron chi connectivity index (χ0n) is 19.2. The molecule has 3 aliphatic carbocycles. The van der Waals surface area contributed by atoms with Crippen LogP contribution in [0, 0.1) is 18.8 Å². The highest BCUT2D eigenvalue weighted by molar-refractivity contribution is 9.09. The van der Waals surface area contributed by atoms with Crippen molar-refractivity contribution in [2.45, 2.75) is 17.2 Å². The summed E-state index contributed by atoms with van der Waals surface area (Å²) in [5.41, 5.74) is 5.01. The first-order valence-corrected chi connectivity index (χ1v) is 12.4. The van der Waals surface area contributed by atoms with E-state index in [-0.39, 0.29) is 23.3 Å². The maximum atomic E-state index is 13.8. The number of carboxylic acids is 1. The highest BCUT2D eigenvalue weighted by Crippen LogP contribution is 2.66. The lowest BCUT2D eigenvalue weighted by molar-refractivity contribution is -0.142. The zero-order chi connectivity index (χ0) is 25.4. The molecule has 3 aromatic rings. The van der Waals surface area contributed by atoms with Gasteiger partial charge in [-0.05, 0) is 46.9 Å². The molecule has 8 heteroatoms. The summed E-state index contributed by atoms with van der Waals surface area (Å²) in [5.74, 6) is -4.00. The molecule has 0 radical (unpaired) electrons. The van der Waals surface area contributed by atoms with Gasteiger partial charge >= 0.3 is 5.97 Å². The Hall–Kier alpha value is -3.78. The van der Waals surface area contributed by atoms with Gasteiger partial charge in [0.05, 0.1) is 21.7 Å². The standard InChI is InChI=1S/C28H21BrN2O5/c1-14-10-11-15(27(35)36)12-20(14)30-21(32)13-31-25(33)23-22-16-6-2-4-8-18(16)28(29,24(23)26(31)34)19-9-5-3-7-17(19)22/h2-12,22-24H,13H2,1H3,(H,30,32)(H,35,36)/t22?,23-,24-,28?/m0/s1. The maximum Gasteiger partial charge on any atom is 0.335 e. The SMILES string of the molecule is Cc1ccc(C(=O)O)cc1NC(=O)CN1C(=O)[C@@H]2[C@@H](C1=O)C1c3ccccc3C2(Br)c2ccccc21. The molecule has 2 N–H and O–H groups in total. The second-order valence-corrected chi connectivity index (χ2v) is 10.8. The molecule has 7 nitrogen and oxygen atoms in total. The fourth-order valence-corrected chi connectivity index (χ4v) is 7.32. The van der Waals surface area contributed by atoms with E-state index in [1.165, 1.54) is 12.1 Å². The Morgan fingerprint density at radius 3 is 2.19 bits per heavy atom. The van der Waals surface area contributed by atoms with Crippen LogP contribution < -0.4 is 5.32 Å². The van der Waals surface area contributed by atoms with Crippen LogP contribution in [0.1, 0.15) is 44.1 Å². The summed E-state index contributed by atoms with van der Waals surface area (Å²) >= 11 is 3.93. The summed E-state index contributed by atoms with van der Waals surface area (Å²) in [7, 11) is 0. The summed E-state index contributed by atoms with van der Waals surface area (Å²) in [6.07, 6.45) is 0. The van der Waals surface area contributed by atoms with Crippen molar-refractivity contribution >= 4 is 45.3 Å². The molecule has 2 bridgehead atoms. The van der Waals surface area contributed by atoms with Crippen molar-refractivity contribution in [1.29, 1.82) is 0 Å². The molecule has 4 aliphatic rings. The van der Waals surface area contributed by atoms with Crippen LogP contribution >= 0.6 is 15.9 Å². The lowest BCUT2D eigenvalue weighted by Gasteiger charge is -2.51. The summed E-state index contributed by atoms with van der Waals surface area (Å²) in [6, 6.07) is 20.2. The Balaban J connectivity index is 1.35. The van der Waals surface area contributed by atoms with Crippen LogP contribution in [0.2, 0.25) is 0 Å². The van der Waals surface area contributed by atoms with Gasteiger partial charge in [-0.15, -0.1) is 0 Å². The highest BCUT2D eigenvalue weighted by atomic mass is 79.9. The topological polar surface area (TPSA) is 104 Å². The summed E-state index contributed by atoms with van der Waals surface area (Å²) in [5, 5.41) is 11.9. The Morgan fingerprint density at radius 2 is 1.58 bits per heavy atom. The van der Waals surface area contributed by atoms with Gasteiger partial charge in [-0.1, -0.05) is 70.5 Å². The number of aryl methyl sites for hydroxylation is 1. The highest BCUT2D eigenvalue weighted by Gasteiger charge is 2.67. The largest absolute Gasteiger partial charge is 0.478 e. The van der Waals surface area contributed by atoms with Crippen molar-refractivity contribution < 1.29 is 24.3 Å². The second kappa shape index (κ2) is 7.86. The first-order valence-electron chi connectivity index (χ1n) is 11.6. The fourth-order valence-electron chi connectivity index (χ4n) is 6.12. The van der Waals surface area contributed by atoms with Crippen LogP contribution in [0.25, 0.3) is 0 Å². The van der Waals surface area contributed by atoms with Crippen LogP contribution in [0.15, 0.2) is 66.7 Å². The maximum absolute atomic E-state index is 13.8. The first kappa shape index (κ1) is 22.7. The third-order valence-corrected chi connectivity index (χ3v) is 9.01. The monoisotopic (exact) mass is 544 g/mol. The van der Waals surface area contributed by atoms with Gasteiger partial charge in [0.1, 0.15) is 6.54 Å². The summed E-state index contributed by atoms with van der Waals surface area (Å²) < 4.78 is -0.871. The molecule has 1 aliphatic heterocycles. The van der Waals surface area contributed by atoms with Crippen molar-refractivity contribution in [1.82, 2.24) is 4.90 Å². The molecular weight excluding hydrogens is 524 g/mol. The van der Waals surface area contributed by atoms with E-state index in [1.54, 1.807) is 13.0 Å². The quantitative estimate of drug-likeness (QED) is 0.381. The number of carbonyl (C=O) groups excluding carboxylic acids is 3. The minimum Gasteiger partial charge on any atom is -0.478 e. The number of aromatic carboxylic acids is 1. The van der Waals surface area contributed by atoms with Crippen molar-refractivity contribution in [3.05, 3.63) is 100 Å². The van der Waals surface area contributed by atoms with Crippen molar-refractivity contribution in [2.75, 3.05) is 11.9 Å². The lowest BCUT2D eigenvalue weighted by atomic mass is 9.55. The number of anilines is 1. The van der Waals surface area contributed by atoms with Crippen LogP contribution in [0.3, 0.4) is 0 Å². The van der Waals surface area contributed by atoms with E-state index in [4.69, 9.17) is 0 Å². The number of carboxylic acid groups (broad SMARTS) is 1. The second-order valence-electron chi connectivity index (χ2n) is 9.51. The van der Waals surface area contributed by atoms with Gasteiger partial charge in [-0.25, -0.2) is 4.79 Å². The number of imide groups is 1. The third kappa shape index (κ3) is 2.97. The van der Waals surface area contributed by atoms with E-state index in [9.17, 15) is 24.3 Å². The number of hydrogen-bond acceptors (Lipinski definition) is 4. The Bertz CT molecular complexity index is 1450. The number of rotatable bonds is 4. The lowest BCUT2D eigenvalue weighted by Crippen LogP contribution is -2.50. The van der Waals surface area contributed by atoms with Gasteiger partial charge in [0, 0.05) is 11.6 Å². The van der Waals surface area contributed by atoms with E-state index in [2.05, 4.69) is 21.2 Å². The van der Waals surface area contributed by atoms with E-state index in [0.29, 0.717) is 11.3 Å². The molecule has 2 atom stereocenters. The van der Waals surface area contributed by atoms with E-state index < -0.39 is 34.6 Å². The Morgan fingerprint density at radius 1 is 0.972 bits per heavy atom. The number of carbonyl (C=O) groups is 4. The van der Waals surface area contributed by atoms with E-state index in [1.807, 2.05) is 48.5 Å². The predicted molar refractivity (Wildman–Crippen MR) is 135 cm³/mol. The van der Waals surface area contributed by atoms with Gasteiger partial charge in [0.2, 0.25) is 17.7 Å². The molecule has 7 rings (SSSR count). The average molecular weight is 545 g/mol. The molecule has 36 heavy (non-hydrogen) atoms. The number of hydrogen-bond donors (Lipinski definition) is 2. The smallest absolute Gasteiger partial charge is 0.335 e. The zero-order valence-corrected chi connectivity index (χ0v) is 20.8. The van der Waals surface area contributed by atoms with Crippen molar-refractivity contribution in [2.24, 2.45) is 11.8 Å². The van der Waals surface area contributed by atoms with E-state index in [0.717, 1.165) is 27.2 Å². The normalized spacial score (nSPS) is 25.3. The summed E-state index contributed by atoms with van der Waals surface area (Å²) in [4.78, 5) is 52.9. The number of halogens is 1. The van der Waals surface area contributed by atoms with Crippen LogP contribution in [0.5, 0.6) is 0 Å². The summed E-state index contributed by atoms with van der Waals surface area (Å²) in [6.45, 7) is 1.30. The Kier molecular flexibility index (Phi) is 4.95. The van der Waals surface area contributed by atoms with Gasteiger partial charge in [0.25, 0.3) is 0 Å². The Labute approximate surface area is 215 Å². The number of nitrogens with one attached hydrogen (secondary N) is 1. The molecule has 1 saturated heterocycles. The molecule has 0 aromatic heterocycles. The van der Waals surface area contributed by atoms with Gasteiger partial charge in [0.15, 0.2) is 0 Å². The molecule has 3 aromatic carbocycles. The third-order valence-electron chi connectivity index (χ3n) is 7.67. The molecule has 3 amide bonds. The fraction of sp³-hybridized carbons (Fsp3) is 0.214. The number of likely N-dealkylation sites (tertiary alicyclic amines) is 1. The molecule has 0 unspecified atom stereocenters. The average Bonchev–Trinajstić information content (AvgIpc) is 3.12. The van der Waals surface area contributed by atoms with Gasteiger partial charge in [-0.3, -0.25) is 19.3 Å².